The van der Waals surface area contributed by atoms with Crippen molar-refractivity contribution in [1.82, 2.24) is 14.8 Å². The number of benzene rings is 2. The highest BCUT2D eigenvalue weighted by molar-refractivity contribution is 5.86. The van der Waals surface area contributed by atoms with Gasteiger partial charge in [-0.25, -0.2) is 4.39 Å². The molecule has 1 N–H and O–H groups in total. The molecule has 0 saturated carbocycles. The summed E-state index contributed by atoms with van der Waals surface area (Å²) in [6, 6.07) is 14.9. The van der Waals surface area contributed by atoms with Crippen LogP contribution in [0.5, 0.6) is 0 Å². The van der Waals surface area contributed by atoms with Crippen LogP contribution in [0, 0.1) is 5.82 Å². The van der Waals surface area contributed by atoms with Gasteiger partial charge in [0.1, 0.15) is 5.82 Å². The molecule has 2 aromatic carbocycles. The second kappa shape index (κ2) is 9.43. The lowest BCUT2D eigenvalue weighted by Gasteiger charge is -2.19. The lowest BCUT2D eigenvalue weighted by Crippen LogP contribution is -2.34. The average Bonchev–Trinajstić information content (AvgIpc) is 3.40. The van der Waals surface area contributed by atoms with Gasteiger partial charge in [0.25, 0.3) is 0 Å². The maximum Gasteiger partial charge on any atom is 0.220 e. The molecule has 1 atom stereocenters. The van der Waals surface area contributed by atoms with Crippen LogP contribution in [0.1, 0.15) is 43.2 Å². The SMILES string of the molecule is CCn1cc(C(CC(=O)NCCN2CCCC2)c2cccc(F)c2)c2ccccc21. The maximum atomic E-state index is 14.0. The van der Waals surface area contributed by atoms with E-state index in [4.69, 9.17) is 0 Å². The Balaban J connectivity index is 1.58. The van der Waals surface area contributed by atoms with Crippen LogP contribution < -0.4 is 5.32 Å². The fourth-order valence-corrected chi connectivity index (χ4v) is 4.56. The number of nitrogens with one attached hydrogen (secondary N) is 1. The summed E-state index contributed by atoms with van der Waals surface area (Å²) in [7, 11) is 0. The number of carbonyl (C=O) groups is 1. The highest BCUT2D eigenvalue weighted by Crippen LogP contribution is 2.35. The third-order valence-corrected chi connectivity index (χ3v) is 6.12. The van der Waals surface area contributed by atoms with Gasteiger partial charge in [-0.05, 0) is 62.2 Å². The number of carbonyl (C=O) groups excluding carboxylic acids is 1. The highest BCUT2D eigenvalue weighted by atomic mass is 19.1. The van der Waals surface area contributed by atoms with E-state index in [2.05, 4.69) is 40.0 Å². The molecule has 1 unspecified atom stereocenters. The number of amides is 1. The number of likely N-dealkylation sites (tertiary alicyclic amines) is 1. The van der Waals surface area contributed by atoms with E-state index in [1.54, 1.807) is 12.1 Å². The first kappa shape index (κ1) is 20.6. The second-order valence-electron chi connectivity index (χ2n) is 8.10. The van der Waals surface area contributed by atoms with Gasteiger partial charge in [0.05, 0.1) is 0 Å². The number of hydrogen-bond donors (Lipinski definition) is 1. The zero-order valence-corrected chi connectivity index (χ0v) is 17.6. The number of rotatable bonds is 8. The van der Waals surface area contributed by atoms with Gasteiger partial charge in [-0.2, -0.15) is 0 Å². The molecule has 0 spiro atoms. The molecule has 158 valence electrons. The number of nitrogens with zero attached hydrogens (tertiary/aromatic N) is 2. The van der Waals surface area contributed by atoms with Crippen LogP contribution in [0.25, 0.3) is 10.9 Å². The monoisotopic (exact) mass is 407 g/mol. The van der Waals surface area contributed by atoms with E-state index >= 15 is 0 Å². The zero-order valence-electron chi connectivity index (χ0n) is 17.6. The second-order valence-corrected chi connectivity index (χ2v) is 8.10. The van der Waals surface area contributed by atoms with E-state index in [0.29, 0.717) is 13.0 Å². The maximum absolute atomic E-state index is 14.0. The Labute approximate surface area is 177 Å². The molecule has 4 nitrogen and oxygen atoms in total. The molecule has 4 rings (SSSR count). The van der Waals surface area contributed by atoms with Gasteiger partial charge in [0.2, 0.25) is 5.91 Å². The van der Waals surface area contributed by atoms with Crippen LogP contribution in [0.4, 0.5) is 4.39 Å². The predicted molar refractivity (Wildman–Crippen MR) is 119 cm³/mol. The molecule has 3 aromatic rings. The van der Waals surface area contributed by atoms with Crippen molar-refractivity contribution in [3.63, 3.8) is 0 Å². The van der Waals surface area contributed by atoms with Gasteiger partial charge >= 0.3 is 0 Å². The fourth-order valence-electron chi connectivity index (χ4n) is 4.56. The Morgan fingerprint density at radius 1 is 1.13 bits per heavy atom. The predicted octanol–water partition coefficient (Wildman–Crippen LogP) is 4.53. The first-order valence-electron chi connectivity index (χ1n) is 11.0. The van der Waals surface area contributed by atoms with Gasteiger partial charge in [-0.3, -0.25) is 4.79 Å². The van der Waals surface area contributed by atoms with E-state index in [1.807, 2.05) is 18.2 Å². The smallest absolute Gasteiger partial charge is 0.220 e. The van der Waals surface area contributed by atoms with Crippen molar-refractivity contribution in [2.24, 2.45) is 0 Å². The molecule has 1 fully saturated rings. The lowest BCUT2D eigenvalue weighted by atomic mass is 9.88. The van der Waals surface area contributed by atoms with E-state index < -0.39 is 0 Å². The first-order valence-corrected chi connectivity index (χ1v) is 11.0. The molecular weight excluding hydrogens is 377 g/mol. The Hall–Kier alpha value is -2.66. The number of aryl methyl sites for hydroxylation is 1. The summed E-state index contributed by atoms with van der Waals surface area (Å²) < 4.78 is 16.2. The van der Waals surface area contributed by atoms with Crippen molar-refractivity contribution in [3.05, 3.63) is 71.7 Å². The molecule has 2 heterocycles. The minimum Gasteiger partial charge on any atom is -0.355 e. The van der Waals surface area contributed by atoms with Gasteiger partial charge in [-0.1, -0.05) is 30.3 Å². The topological polar surface area (TPSA) is 37.3 Å². The van der Waals surface area contributed by atoms with Gasteiger partial charge in [-0.15, -0.1) is 0 Å². The molecule has 1 aliphatic rings. The van der Waals surface area contributed by atoms with Crippen LogP contribution in [-0.4, -0.2) is 41.6 Å². The van der Waals surface area contributed by atoms with Crippen molar-refractivity contribution in [2.45, 2.75) is 38.6 Å². The van der Waals surface area contributed by atoms with Crippen LogP contribution >= 0.6 is 0 Å². The number of para-hydroxylation sites is 1. The fraction of sp³-hybridized carbons (Fsp3) is 0.400. The summed E-state index contributed by atoms with van der Waals surface area (Å²) >= 11 is 0. The van der Waals surface area contributed by atoms with Crippen LogP contribution in [-0.2, 0) is 11.3 Å². The molecule has 1 aromatic heterocycles. The zero-order chi connectivity index (χ0) is 20.9. The van der Waals surface area contributed by atoms with Gasteiger partial charge in [0, 0.05) is 49.1 Å². The average molecular weight is 408 g/mol. The number of halogens is 1. The normalized spacial score (nSPS) is 15.5. The summed E-state index contributed by atoms with van der Waals surface area (Å²) in [4.78, 5) is 15.2. The van der Waals surface area contributed by atoms with Crippen molar-refractivity contribution in [1.29, 1.82) is 0 Å². The summed E-state index contributed by atoms with van der Waals surface area (Å²) in [5.74, 6) is -0.451. The molecule has 0 bridgehead atoms. The molecule has 1 saturated heterocycles. The minimum absolute atomic E-state index is 0.0109. The van der Waals surface area contributed by atoms with Crippen molar-refractivity contribution >= 4 is 16.8 Å². The summed E-state index contributed by atoms with van der Waals surface area (Å²) in [5, 5.41) is 4.21. The quantitative estimate of drug-likeness (QED) is 0.596. The number of fused-ring (bicyclic) bond motifs is 1. The van der Waals surface area contributed by atoms with Crippen molar-refractivity contribution in [2.75, 3.05) is 26.2 Å². The van der Waals surface area contributed by atoms with E-state index in [-0.39, 0.29) is 17.6 Å². The molecule has 5 heteroatoms. The molecule has 0 radical (unpaired) electrons. The summed E-state index contributed by atoms with van der Waals surface area (Å²) in [6.07, 6.45) is 4.92. The summed E-state index contributed by atoms with van der Waals surface area (Å²) in [6.45, 7) is 6.75. The van der Waals surface area contributed by atoms with Gasteiger partial charge in [0.15, 0.2) is 0 Å². The lowest BCUT2D eigenvalue weighted by molar-refractivity contribution is -0.121. The minimum atomic E-state index is -0.272. The Bertz CT molecular complexity index is 1010. The molecule has 1 aliphatic heterocycles. The third kappa shape index (κ3) is 4.57. The van der Waals surface area contributed by atoms with Crippen molar-refractivity contribution in [3.8, 4) is 0 Å². The molecule has 1 amide bonds. The largest absolute Gasteiger partial charge is 0.355 e. The number of hydrogen-bond acceptors (Lipinski definition) is 2. The van der Waals surface area contributed by atoms with Crippen LogP contribution in [0.2, 0.25) is 0 Å². The van der Waals surface area contributed by atoms with E-state index in [0.717, 1.165) is 48.2 Å². The first-order chi connectivity index (χ1) is 14.7. The highest BCUT2D eigenvalue weighted by Gasteiger charge is 2.23. The number of aromatic nitrogens is 1. The molecule has 30 heavy (non-hydrogen) atoms. The van der Waals surface area contributed by atoms with E-state index in [1.165, 1.54) is 18.9 Å². The van der Waals surface area contributed by atoms with Crippen LogP contribution in [0.15, 0.2) is 54.7 Å². The van der Waals surface area contributed by atoms with Crippen LogP contribution in [0.3, 0.4) is 0 Å². The van der Waals surface area contributed by atoms with Gasteiger partial charge < -0.3 is 14.8 Å². The Morgan fingerprint density at radius 2 is 1.93 bits per heavy atom. The van der Waals surface area contributed by atoms with E-state index in [9.17, 15) is 9.18 Å². The summed E-state index contributed by atoms with van der Waals surface area (Å²) in [5.41, 5.74) is 3.06. The molecule has 0 aliphatic carbocycles. The Kier molecular flexibility index (Phi) is 6.48. The third-order valence-electron chi connectivity index (χ3n) is 6.12. The van der Waals surface area contributed by atoms with Crippen molar-refractivity contribution < 1.29 is 9.18 Å². The standard InChI is InChI=1S/C25H30FN3O/c1-2-29-18-23(21-10-3-4-11-24(21)29)22(19-8-7-9-20(26)16-19)17-25(30)27-12-15-28-13-5-6-14-28/h3-4,7-11,16,18,22H,2,5-6,12-15,17H2,1H3,(H,27,30). The molecular formula is C25H30FN3O. The Morgan fingerprint density at radius 3 is 2.70 bits per heavy atom.